The number of aliphatic carboxylic acids is 1. The lowest BCUT2D eigenvalue weighted by molar-refractivity contribution is -0.142. The number of carboxylic acid groups (broad SMARTS) is 1. The van der Waals surface area contributed by atoms with Crippen LogP contribution in [0.3, 0.4) is 0 Å². The molecular weight excluding hydrogens is 284 g/mol. The van der Waals surface area contributed by atoms with Gasteiger partial charge in [0.1, 0.15) is 6.04 Å². The highest BCUT2D eigenvalue weighted by Gasteiger charge is 2.37. The van der Waals surface area contributed by atoms with Crippen molar-refractivity contribution in [2.75, 3.05) is 6.54 Å². The number of aryl methyl sites for hydroxylation is 1. The summed E-state index contributed by atoms with van der Waals surface area (Å²) in [4.78, 5) is 19.3. The van der Waals surface area contributed by atoms with E-state index in [2.05, 4.69) is 16.0 Å². The number of pyridine rings is 1. The summed E-state index contributed by atoms with van der Waals surface area (Å²) in [5.41, 5.74) is 2.04. The fourth-order valence-electron chi connectivity index (χ4n) is 2.93. The molecule has 0 radical (unpaired) electrons. The first kappa shape index (κ1) is 14.2. The summed E-state index contributed by atoms with van der Waals surface area (Å²) in [5.74, 6) is -0.735. The molecule has 2 aromatic heterocycles. The Morgan fingerprint density at radius 3 is 2.95 bits per heavy atom. The Morgan fingerprint density at radius 1 is 1.48 bits per heavy atom. The highest BCUT2D eigenvalue weighted by Crippen LogP contribution is 2.36. The second-order valence-corrected chi connectivity index (χ2v) is 6.39. The third kappa shape index (κ3) is 2.84. The van der Waals surface area contributed by atoms with Gasteiger partial charge < -0.3 is 5.11 Å². The summed E-state index contributed by atoms with van der Waals surface area (Å²) >= 11 is 1.66. The van der Waals surface area contributed by atoms with Crippen LogP contribution in [-0.4, -0.2) is 33.5 Å². The van der Waals surface area contributed by atoms with Crippen molar-refractivity contribution in [3.63, 3.8) is 0 Å². The molecule has 3 heterocycles. The van der Waals surface area contributed by atoms with E-state index in [0.717, 1.165) is 29.1 Å². The number of nitrogens with zero attached hydrogens (tertiary/aromatic N) is 2. The van der Waals surface area contributed by atoms with E-state index in [9.17, 15) is 9.90 Å². The molecular formula is C16H18N2O2S. The summed E-state index contributed by atoms with van der Waals surface area (Å²) in [6.45, 7) is 2.81. The van der Waals surface area contributed by atoms with Gasteiger partial charge in [0.05, 0.1) is 11.7 Å². The van der Waals surface area contributed by atoms with Gasteiger partial charge in [0.2, 0.25) is 0 Å². The van der Waals surface area contributed by atoms with Crippen LogP contribution in [0.2, 0.25) is 0 Å². The first-order valence-corrected chi connectivity index (χ1v) is 7.99. The molecule has 21 heavy (non-hydrogen) atoms. The minimum absolute atomic E-state index is 0.0609. The standard InChI is InChI=1S/C16H18N2O2S/c1-11-6-7-12(17-10-11)15(14-5-3-9-21-14)18-8-2-4-13(18)16(19)20/h3,5-7,9-10,13,15H,2,4,8H2,1H3,(H,19,20). The van der Waals surface area contributed by atoms with Crippen molar-refractivity contribution >= 4 is 17.3 Å². The topological polar surface area (TPSA) is 53.4 Å². The predicted octanol–water partition coefficient (Wildman–Crippen LogP) is 3.09. The van der Waals surface area contributed by atoms with E-state index in [0.29, 0.717) is 6.42 Å². The van der Waals surface area contributed by atoms with Crippen LogP contribution in [0.25, 0.3) is 0 Å². The molecule has 3 rings (SSSR count). The van der Waals surface area contributed by atoms with Gasteiger partial charge in [0.25, 0.3) is 0 Å². The van der Waals surface area contributed by atoms with Crippen molar-refractivity contribution in [1.29, 1.82) is 0 Å². The molecule has 0 amide bonds. The van der Waals surface area contributed by atoms with E-state index < -0.39 is 12.0 Å². The number of hydrogen-bond donors (Lipinski definition) is 1. The average Bonchev–Trinajstić information content (AvgIpc) is 3.13. The Balaban J connectivity index is 2.00. The normalized spacial score (nSPS) is 20.5. The van der Waals surface area contributed by atoms with E-state index in [1.54, 1.807) is 11.3 Å². The van der Waals surface area contributed by atoms with E-state index in [-0.39, 0.29) is 6.04 Å². The van der Waals surface area contributed by atoms with E-state index in [1.807, 2.05) is 36.7 Å². The summed E-state index contributed by atoms with van der Waals surface area (Å²) < 4.78 is 0. The third-order valence-corrected chi connectivity index (χ3v) is 4.86. The number of thiophene rings is 1. The maximum Gasteiger partial charge on any atom is 0.320 e. The van der Waals surface area contributed by atoms with Crippen LogP contribution in [0.5, 0.6) is 0 Å². The smallest absolute Gasteiger partial charge is 0.320 e. The van der Waals surface area contributed by atoms with Crippen LogP contribution in [0.15, 0.2) is 35.8 Å². The molecule has 1 aliphatic rings. The van der Waals surface area contributed by atoms with Crippen molar-refractivity contribution in [2.45, 2.75) is 31.8 Å². The number of hydrogen-bond acceptors (Lipinski definition) is 4. The molecule has 0 bridgehead atoms. The number of carboxylic acids is 1. The zero-order valence-electron chi connectivity index (χ0n) is 11.9. The molecule has 0 aromatic carbocycles. The van der Waals surface area contributed by atoms with Gasteiger partial charge >= 0.3 is 5.97 Å². The van der Waals surface area contributed by atoms with Gasteiger partial charge in [0, 0.05) is 17.6 Å². The van der Waals surface area contributed by atoms with E-state index in [1.165, 1.54) is 0 Å². The fourth-order valence-corrected chi connectivity index (χ4v) is 3.79. The maximum absolute atomic E-state index is 11.5. The quantitative estimate of drug-likeness (QED) is 0.943. The largest absolute Gasteiger partial charge is 0.480 e. The van der Waals surface area contributed by atoms with Crippen molar-refractivity contribution in [3.05, 3.63) is 52.0 Å². The fraction of sp³-hybridized carbons (Fsp3) is 0.375. The van der Waals surface area contributed by atoms with Crippen molar-refractivity contribution < 1.29 is 9.90 Å². The van der Waals surface area contributed by atoms with Crippen LogP contribution in [-0.2, 0) is 4.79 Å². The van der Waals surface area contributed by atoms with Gasteiger partial charge in [-0.25, -0.2) is 0 Å². The SMILES string of the molecule is Cc1ccc(C(c2cccs2)N2CCCC2C(=O)O)nc1. The van der Waals surface area contributed by atoms with Crippen molar-refractivity contribution in [2.24, 2.45) is 0 Å². The average molecular weight is 302 g/mol. The van der Waals surface area contributed by atoms with Crippen LogP contribution >= 0.6 is 11.3 Å². The molecule has 2 unspecified atom stereocenters. The number of likely N-dealkylation sites (tertiary alicyclic amines) is 1. The molecule has 5 heteroatoms. The maximum atomic E-state index is 11.5. The summed E-state index contributed by atoms with van der Waals surface area (Å²) in [7, 11) is 0. The van der Waals surface area contributed by atoms with Gasteiger partial charge in [-0.05, 0) is 42.8 Å². The lowest BCUT2D eigenvalue weighted by Gasteiger charge is -2.30. The van der Waals surface area contributed by atoms with Crippen LogP contribution in [0, 0.1) is 6.92 Å². The molecule has 1 fully saturated rings. The number of aromatic nitrogens is 1. The van der Waals surface area contributed by atoms with Gasteiger partial charge in [0.15, 0.2) is 0 Å². The third-order valence-electron chi connectivity index (χ3n) is 3.94. The summed E-state index contributed by atoms with van der Waals surface area (Å²) in [5, 5.41) is 11.5. The highest BCUT2D eigenvalue weighted by molar-refractivity contribution is 7.10. The molecule has 2 atom stereocenters. The van der Waals surface area contributed by atoms with Crippen LogP contribution < -0.4 is 0 Å². The number of rotatable bonds is 4. The second-order valence-electron chi connectivity index (χ2n) is 5.41. The van der Waals surface area contributed by atoms with Crippen LogP contribution in [0.4, 0.5) is 0 Å². The van der Waals surface area contributed by atoms with E-state index >= 15 is 0 Å². The minimum atomic E-state index is -0.735. The van der Waals surface area contributed by atoms with Gasteiger partial charge in [-0.3, -0.25) is 14.7 Å². The van der Waals surface area contributed by atoms with Crippen LogP contribution in [0.1, 0.15) is 35.0 Å². The lowest BCUT2D eigenvalue weighted by atomic mass is 10.1. The molecule has 0 spiro atoms. The van der Waals surface area contributed by atoms with Crippen molar-refractivity contribution in [3.8, 4) is 0 Å². The Bertz CT molecular complexity index is 610. The van der Waals surface area contributed by atoms with E-state index in [4.69, 9.17) is 0 Å². The zero-order valence-corrected chi connectivity index (χ0v) is 12.7. The second kappa shape index (κ2) is 5.95. The highest BCUT2D eigenvalue weighted by atomic mass is 32.1. The number of carbonyl (C=O) groups is 1. The van der Waals surface area contributed by atoms with Gasteiger partial charge in [-0.1, -0.05) is 12.1 Å². The van der Waals surface area contributed by atoms with Crippen molar-refractivity contribution in [1.82, 2.24) is 9.88 Å². The Morgan fingerprint density at radius 2 is 2.33 bits per heavy atom. The molecule has 1 saturated heterocycles. The van der Waals surface area contributed by atoms with Gasteiger partial charge in [-0.2, -0.15) is 0 Å². The molecule has 0 aliphatic carbocycles. The molecule has 110 valence electrons. The summed E-state index contributed by atoms with van der Waals surface area (Å²) in [6.07, 6.45) is 3.48. The van der Waals surface area contributed by atoms with Gasteiger partial charge in [-0.15, -0.1) is 11.3 Å². The first-order valence-electron chi connectivity index (χ1n) is 7.11. The minimum Gasteiger partial charge on any atom is -0.480 e. The monoisotopic (exact) mass is 302 g/mol. The molecule has 4 nitrogen and oxygen atoms in total. The molecule has 0 saturated carbocycles. The summed E-state index contributed by atoms with van der Waals surface area (Å²) in [6, 6.07) is 7.64. The first-order chi connectivity index (χ1) is 10.2. The Labute approximate surface area is 128 Å². The molecule has 1 aliphatic heterocycles. The Kier molecular flexibility index (Phi) is 4.03. The zero-order chi connectivity index (χ0) is 14.8. The lowest BCUT2D eigenvalue weighted by Crippen LogP contribution is -2.39. The predicted molar refractivity (Wildman–Crippen MR) is 82.5 cm³/mol. The molecule has 2 aromatic rings. The molecule has 1 N–H and O–H groups in total. The Hall–Kier alpha value is -1.72.